The summed E-state index contributed by atoms with van der Waals surface area (Å²) in [5.74, 6) is -0.246. The van der Waals surface area contributed by atoms with Gasteiger partial charge in [0.25, 0.3) is 5.69 Å². The summed E-state index contributed by atoms with van der Waals surface area (Å²) in [6, 6.07) is 3.72. The van der Waals surface area contributed by atoms with Gasteiger partial charge in [0.05, 0.1) is 11.0 Å². The Kier molecular flexibility index (Phi) is 4.43. The van der Waals surface area contributed by atoms with Crippen LogP contribution in [0.1, 0.15) is 27.2 Å². The first-order chi connectivity index (χ1) is 7.95. The molecule has 0 spiro atoms. The highest BCUT2D eigenvalue weighted by atomic mass is 19.1. The van der Waals surface area contributed by atoms with E-state index in [0.29, 0.717) is 11.6 Å². The second-order valence-corrected chi connectivity index (χ2v) is 4.32. The van der Waals surface area contributed by atoms with Crippen molar-refractivity contribution in [1.29, 1.82) is 0 Å². The van der Waals surface area contributed by atoms with Crippen molar-refractivity contribution in [3.05, 3.63) is 34.1 Å². The average Bonchev–Trinajstić information content (AvgIpc) is 2.26. The molecule has 1 N–H and O–H groups in total. The first-order valence-electron chi connectivity index (χ1n) is 5.66. The number of hydrogen-bond donors (Lipinski definition) is 1. The average molecular weight is 240 g/mol. The van der Waals surface area contributed by atoms with Gasteiger partial charge in [-0.15, -0.1) is 0 Å². The molecule has 0 amide bonds. The summed E-state index contributed by atoms with van der Waals surface area (Å²) in [5.41, 5.74) is 0.154. The van der Waals surface area contributed by atoms with Crippen LogP contribution in [0.15, 0.2) is 18.2 Å². The highest BCUT2D eigenvalue weighted by Gasteiger charge is 2.18. The van der Waals surface area contributed by atoms with E-state index in [0.717, 1.165) is 12.5 Å². The van der Waals surface area contributed by atoms with Gasteiger partial charge in [-0.25, -0.2) is 4.39 Å². The molecule has 1 atom stereocenters. The van der Waals surface area contributed by atoms with Crippen molar-refractivity contribution in [3.63, 3.8) is 0 Å². The maximum atomic E-state index is 13.0. The van der Waals surface area contributed by atoms with E-state index in [4.69, 9.17) is 0 Å². The molecule has 0 saturated carbocycles. The summed E-state index contributed by atoms with van der Waals surface area (Å²) < 4.78 is 13.0. The van der Waals surface area contributed by atoms with Gasteiger partial charge in [0.15, 0.2) is 0 Å². The van der Waals surface area contributed by atoms with Crippen LogP contribution in [0.25, 0.3) is 0 Å². The third-order valence-corrected chi connectivity index (χ3v) is 2.74. The van der Waals surface area contributed by atoms with E-state index in [9.17, 15) is 14.5 Å². The van der Waals surface area contributed by atoms with Crippen molar-refractivity contribution < 1.29 is 9.31 Å². The SMILES string of the molecule is CCC(Nc1ccc(F)cc1[N+](=O)[O-])C(C)C. The van der Waals surface area contributed by atoms with Gasteiger partial charge >= 0.3 is 0 Å². The van der Waals surface area contributed by atoms with E-state index >= 15 is 0 Å². The van der Waals surface area contributed by atoms with E-state index in [1.807, 2.05) is 20.8 Å². The van der Waals surface area contributed by atoms with Crippen LogP contribution in [0.4, 0.5) is 15.8 Å². The second-order valence-electron chi connectivity index (χ2n) is 4.32. The van der Waals surface area contributed by atoms with Gasteiger partial charge in [-0.05, 0) is 24.5 Å². The third kappa shape index (κ3) is 3.41. The fourth-order valence-corrected chi connectivity index (χ4v) is 1.72. The lowest BCUT2D eigenvalue weighted by atomic mass is 10.0. The van der Waals surface area contributed by atoms with Gasteiger partial charge in [0, 0.05) is 6.04 Å². The Bertz CT molecular complexity index is 407. The lowest BCUT2D eigenvalue weighted by molar-refractivity contribution is -0.384. The van der Waals surface area contributed by atoms with Gasteiger partial charge in [-0.2, -0.15) is 0 Å². The van der Waals surface area contributed by atoms with E-state index in [1.54, 1.807) is 0 Å². The van der Waals surface area contributed by atoms with Gasteiger partial charge in [0.2, 0.25) is 0 Å². The summed E-state index contributed by atoms with van der Waals surface area (Å²) >= 11 is 0. The lowest BCUT2D eigenvalue weighted by Gasteiger charge is -2.21. The Morgan fingerprint density at radius 1 is 1.47 bits per heavy atom. The predicted octanol–water partition coefficient (Wildman–Crippen LogP) is 3.58. The number of anilines is 1. The summed E-state index contributed by atoms with van der Waals surface area (Å²) in [6.45, 7) is 6.08. The lowest BCUT2D eigenvalue weighted by Crippen LogP contribution is -2.25. The normalized spacial score (nSPS) is 12.5. The number of hydrogen-bond acceptors (Lipinski definition) is 3. The Morgan fingerprint density at radius 3 is 2.59 bits per heavy atom. The van der Waals surface area contributed by atoms with E-state index in [-0.39, 0.29) is 11.7 Å². The van der Waals surface area contributed by atoms with Crippen LogP contribution in [0.3, 0.4) is 0 Å². The molecule has 0 heterocycles. The number of nitrogens with zero attached hydrogens (tertiary/aromatic N) is 1. The molecule has 0 aliphatic heterocycles. The largest absolute Gasteiger partial charge is 0.377 e. The zero-order valence-corrected chi connectivity index (χ0v) is 10.2. The maximum absolute atomic E-state index is 13.0. The molecule has 5 heteroatoms. The van der Waals surface area contributed by atoms with E-state index in [2.05, 4.69) is 5.32 Å². The number of halogens is 1. The monoisotopic (exact) mass is 240 g/mol. The van der Waals surface area contributed by atoms with Crippen molar-refractivity contribution in [2.24, 2.45) is 5.92 Å². The van der Waals surface area contributed by atoms with Crippen molar-refractivity contribution in [2.75, 3.05) is 5.32 Å². The molecular formula is C12H17FN2O2. The Morgan fingerprint density at radius 2 is 2.12 bits per heavy atom. The zero-order chi connectivity index (χ0) is 13.0. The van der Waals surface area contributed by atoms with Crippen molar-refractivity contribution in [3.8, 4) is 0 Å². The molecule has 0 fully saturated rings. The number of nitrogens with one attached hydrogen (secondary N) is 1. The Balaban J connectivity index is 3.01. The number of rotatable bonds is 5. The fourth-order valence-electron chi connectivity index (χ4n) is 1.72. The molecule has 0 radical (unpaired) electrons. The maximum Gasteiger partial charge on any atom is 0.295 e. The minimum atomic E-state index is -0.597. The molecule has 4 nitrogen and oxygen atoms in total. The topological polar surface area (TPSA) is 55.2 Å². The first-order valence-corrected chi connectivity index (χ1v) is 5.66. The molecule has 0 aliphatic rings. The van der Waals surface area contributed by atoms with Crippen LogP contribution in [-0.4, -0.2) is 11.0 Å². The molecule has 0 aromatic heterocycles. The number of benzene rings is 1. The van der Waals surface area contributed by atoms with Crippen LogP contribution in [0.2, 0.25) is 0 Å². The smallest absolute Gasteiger partial charge is 0.295 e. The van der Waals surface area contributed by atoms with Gasteiger partial charge in [-0.1, -0.05) is 20.8 Å². The van der Waals surface area contributed by atoms with Crippen molar-refractivity contribution in [2.45, 2.75) is 33.2 Å². The molecule has 1 unspecified atom stereocenters. The van der Waals surface area contributed by atoms with E-state index < -0.39 is 10.7 Å². The quantitative estimate of drug-likeness (QED) is 0.632. The Hall–Kier alpha value is -1.65. The summed E-state index contributed by atoms with van der Waals surface area (Å²) in [6.07, 6.45) is 0.853. The molecule has 17 heavy (non-hydrogen) atoms. The highest BCUT2D eigenvalue weighted by molar-refractivity contribution is 5.61. The van der Waals surface area contributed by atoms with Crippen LogP contribution < -0.4 is 5.32 Å². The number of nitro benzene ring substituents is 1. The van der Waals surface area contributed by atoms with Gasteiger partial charge in [-0.3, -0.25) is 10.1 Å². The molecule has 0 bridgehead atoms. The van der Waals surface area contributed by atoms with Crippen LogP contribution >= 0.6 is 0 Å². The third-order valence-electron chi connectivity index (χ3n) is 2.74. The van der Waals surface area contributed by atoms with Crippen LogP contribution in [0, 0.1) is 21.8 Å². The van der Waals surface area contributed by atoms with Crippen LogP contribution in [0.5, 0.6) is 0 Å². The summed E-state index contributed by atoms with van der Waals surface area (Å²) in [7, 11) is 0. The predicted molar refractivity (Wildman–Crippen MR) is 65.6 cm³/mol. The van der Waals surface area contributed by atoms with Crippen molar-refractivity contribution in [1.82, 2.24) is 0 Å². The molecule has 0 saturated heterocycles. The zero-order valence-electron chi connectivity index (χ0n) is 10.2. The van der Waals surface area contributed by atoms with Gasteiger partial charge < -0.3 is 5.32 Å². The van der Waals surface area contributed by atoms with E-state index in [1.165, 1.54) is 12.1 Å². The van der Waals surface area contributed by atoms with Gasteiger partial charge in [0.1, 0.15) is 11.5 Å². The fraction of sp³-hybridized carbons (Fsp3) is 0.500. The van der Waals surface area contributed by atoms with Crippen molar-refractivity contribution >= 4 is 11.4 Å². The molecule has 94 valence electrons. The second kappa shape index (κ2) is 5.61. The molecule has 1 aromatic carbocycles. The molecular weight excluding hydrogens is 223 g/mol. The molecule has 1 rings (SSSR count). The van der Waals surface area contributed by atoms with Crippen LogP contribution in [-0.2, 0) is 0 Å². The summed E-state index contributed by atoms with van der Waals surface area (Å²) in [4.78, 5) is 10.2. The Labute approximate surface area is 100.0 Å². The first kappa shape index (κ1) is 13.4. The molecule has 0 aliphatic carbocycles. The minimum Gasteiger partial charge on any atom is -0.377 e. The minimum absolute atomic E-state index is 0.138. The number of nitro groups is 1. The summed E-state index contributed by atoms with van der Waals surface area (Å²) in [5, 5.41) is 13.9. The standard InChI is InChI=1S/C12H17FN2O2/c1-4-10(8(2)3)14-11-6-5-9(13)7-12(11)15(16)17/h5-8,10,14H,4H2,1-3H3. The highest BCUT2D eigenvalue weighted by Crippen LogP contribution is 2.27. The molecule has 1 aromatic rings.